The number of rotatable bonds is 2. The second-order valence-corrected chi connectivity index (χ2v) is 6.27. The van der Waals surface area contributed by atoms with Gasteiger partial charge in [-0.05, 0) is 24.6 Å². The number of piperazine rings is 1. The maximum atomic E-state index is 6.11. The van der Waals surface area contributed by atoms with E-state index in [1.165, 1.54) is 0 Å². The molecule has 6 nitrogen and oxygen atoms in total. The smallest absolute Gasteiger partial charge is 0.222 e. The topological polar surface area (TPSA) is 80.2 Å². The van der Waals surface area contributed by atoms with Crippen molar-refractivity contribution in [3.05, 3.63) is 23.2 Å². The molecule has 3 heterocycles. The third kappa shape index (κ3) is 2.48. The van der Waals surface area contributed by atoms with E-state index < -0.39 is 0 Å². The highest BCUT2D eigenvalue weighted by Gasteiger charge is 2.24. The van der Waals surface area contributed by atoms with Crippen molar-refractivity contribution in [1.29, 1.82) is 0 Å². The van der Waals surface area contributed by atoms with Crippen LogP contribution in [0.2, 0.25) is 5.02 Å². The number of furan rings is 1. The fourth-order valence-corrected chi connectivity index (χ4v) is 3.30. The second kappa shape index (κ2) is 5.54. The van der Waals surface area contributed by atoms with Crippen LogP contribution in [-0.4, -0.2) is 35.6 Å². The van der Waals surface area contributed by atoms with Gasteiger partial charge in [0.05, 0.1) is 0 Å². The van der Waals surface area contributed by atoms with Crippen molar-refractivity contribution in [1.82, 2.24) is 15.3 Å². The fourth-order valence-electron chi connectivity index (χ4n) is 3.12. The molecule has 120 valence electrons. The lowest BCUT2D eigenvalue weighted by atomic mass is 10.1. The van der Waals surface area contributed by atoms with Gasteiger partial charge in [-0.1, -0.05) is 18.5 Å². The maximum Gasteiger partial charge on any atom is 0.222 e. The van der Waals surface area contributed by atoms with Crippen molar-refractivity contribution in [3.8, 4) is 0 Å². The number of aromatic nitrogens is 2. The summed E-state index contributed by atoms with van der Waals surface area (Å²) in [5.74, 6) is 1.02. The zero-order chi connectivity index (χ0) is 16.0. The molecule has 1 saturated heterocycles. The van der Waals surface area contributed by atoms with Gasteiger partial charge in [0.25, 0.3) is 0 Å². The van der Waals surface area contributed by atoms with Gasteiger partial charge < -0.3 is 20.4 Å². The standard InChI is InChI=1S/C16H18ClN5O/c1-2-10-8-22(6-5-19-10)15-14-13(20-16(18)21-15)11-7-9(17)3-4-12(11)23-14/h3-4,7,10,19H,2,5-6,8H2,1H3,(H2,18,20,21). The first kappa shape index (κ1) is 14.5. The van der Waals surface area contributed by atoms with Crippen molar-refractivity contribution in [3.63, 3.8) is 0 Å². The molecule has 0 saturated carbocycles. The van der Waals surface area contributed by atoms with Gasteiger partial charge in [-0.3, -0.25) is 0 Å². The predicted molar refractivity (Wildman–Crippen MR) is 93.0 cm³/mol. The van der Waals surface area contributed by atoms with Crippen molar-refractivity contribution >= 4 is 45.4 Å². The quantitative estimate of drug-likeness (QED) is 0.751. The number of nitrogens with two attached hydrogens (primary N) is 1. The van der Waals surface area contributed by atoms with Gasteiger partial charge >= 0.3 is 0 Å². The Morgan fingerprint density at radius 2 is 2.30 bits per heavy atom. The molecule has 1 aliphatic rings. The molecule has 0 spiro atoms. The van der Waals surface area contributed by atoms with Gasteiger partial charge in [-0.15, -0.1) is 0 Å². The van der Waals surface area contributed by atoms with E-state index in [4.69, 9.17) is 21.8 Å². The molecule has 0 amide bonds. The number of nitrogen functional groups attached to an aromatic ring is 1. The molecule has 0 radical (unpaired) electrons. The summed E-state index contributed by atoms with van der Waals surface area (Å²) in [5, 5.41) is 5.01. The summed E-state index contributed by atoms with van der Waals surface area (Å²) < 4.78 is 6.01. The lowest BCUT2D eigenvalue weighted by Gasteiger charge is -2.33. The number of benzene rings is 1. The molecule has 0 aliphatic carbocycles. The predicted octanol–water partition coefficient (Wildman–Crippen LogP) is 2.80. The SMILES string of the molecule is CCC1CN(c2nc(N)nc3c2oc2ccc(Cl)cc23)CCN1. The van der Waals surface area contributed by atoms with Gasteiger partial charge in [0, 0.05) is 36.1 Å². The minimum Gasteiger partial charge on any atom is -0.450 e. The molecule has 0 bridgehead atoms. The molecule has 23 heavy (non-hydrogen) atoms. The Morgan fingerprint density at radius 1 is 1.43 bits per heavy atom. The van der Waals surface area contributed by atoms with E-state index in [1.807, 2.05) is 12.1 Å². The molecule has 1 unspecified atom stereocenters. The van der Waals surface area contributed by atoms with Crippen molar-refractivity contribution < 1.29 is 4.42 Å². The number of hydrogen-bond acceptors (Lipinski definition) is 6. The first-order chi connectivity index (χ1) is 11.2. The Balaban J connectivity index is 1.90. The van der Waals surface area contributed by atoms with Crippen molar-refractivity contribution in [2.75, 3.05) is 30.3 Å². The molecule has 2 aromatic heterocycles. The molecule has 1 atom stereocenters. The van der Waals surface area contributed by atoms with E-state index in [0.29, 0.717) is 16.6 Å². The summed E-state index contributed by atoms with van der Waals surface area (Å²) in [7, 11) is 0. The Hall–Kier alpha value is -2.05. The number of anilines is 2. The monoisotopic (exact) mass is 331 g/mol. The summed E-state index contributed by atoms with van der Waals surface area (Å²) in [6.07, 6.45) is 1.07. The zero-order valence-electron chi connectivity index (χ0n) is 12.8. The number of nitrogens with one attached hydrogen (secondary N) is 1. The van der Waals surface area contributed by atoms with Gasteiger partial charge in [0.15, 0.2) is 11.4 Å². The minimum absolute atomic E-state index is 0.252. The Labute approximate surface area is 138 Å². The summed E-state index contributed by atoms with van der Waals surface area (Å²) in [6, 6.07) is 5.95. The van der Waals surface area contributed by atoms with Crippen LogP contribution in [0.1, 0.15) is 13.3 Å². The van der Waals surface area contributed by atoms with E-state index >= 15 is 0 Å². The zero-order valence-corrected chi connectivity index (χ0v) is 13.6. The fraction of sp³-hybridized carbons (Fsp3) is 0.375. The van der Waals surface area contributed by atoms with E-state index in [1.54, 1.807) is 6.07 Å². The largest absolute Gasteiger partial charge is 0.450 e. The molecule has 7 heteroatoms. The van der Waals surface area contributed by atoms with Gasteiger partial charge in [0.2, 0.25) is 5.95 Å². The van der Waals surface area contributed by atoms with Gasteiger partial charge in [0.1, 0.15) is 11.1 Å². The first-order valence-corrected chi connectivity index (χ1v) is 8.17. The lowest BCUT2D eigenvalue weighted by Crippen LogP contribution is -2.50. The summed E-state index contributed by atoms with van der Waals surface area (Å²) in [4.78, 5) is 11.0. The van der Waals surface area contributed by atoms with Gasteiger partial charge in [-0.25, -0.2) is 4.98 Å². The number of nitrogens with zero attached hydrogens (tertiary/aromatic N) is 3. The highest BCUT2D eigenvalue weighted by molar-refractivity contribution is 6.31. The van der Waals surface area contributed by atoms with Crippen LogP contribution in [0.4, 0.5) is 11.8 Å². The van der Waals surface area contributed by atoms with Crippen LogP contribution in [0.25, 0.3) is 22.1 Å². The van der Waals surface area contributed by atoms with Crippen LogP contribution in [0.5, 0.6) is 0 Å². The highest BCUT2D eigenvalue weighted by Crippen LogP contribution is 2.35. The van der Waals surface area contributed by atoms with Crippen molar-refractivity contribution in [2.24, 2.45) is 0 Å². The number of fused-ring (bicyclic) bond motifs is 3. The second-order valence-electron chi connectivity index (χ2n) is 5.83. The minimum atomic E-state index is 0.252. The van der Waals surface area contributed by atoms with Crippen LogP contribution in [0, 0.1) is 0 Å². The Bertz CT molecular complexity index is 878. The van der Waals surface area contributed by atoms with Crippen LogP contribution in [-0.2, 0) is 0 Å². The average molecular weight is 332 g/mol. The van der Waals surface area contributed by atoms with Crippen LogP contribution in [0.3, 0.4) is 0 Å². The molecule has 3 aromatic rings. The van der Waals surface area contributed by atoms with Gasteiger partial charge in [-0.2, -0.15) is 4.98 Å². The summed E-state index contributed by atoms with van der Waals surface area (Å²) in [5.41, 5.74) is 8.08. The summed E-state index contributed by atoms with van der Waals surface area (Å²) in [6.45, 7) is 4.82. The molecule has 1 aliphatic heterocycles. The summed E-state index contributed by atoms with van der Waals surface area (Å²) >= 11 is 6.11. The molecular weight excluding hydrogens is 314 g/mol. The van der Waals surface area contributed by atoms with Crippen molar-refractivity contribution in [2.45, 2.75) is 19.4 Å². The van der Waals surface area contributed by atoms with E-state index in [0.717, 1.165) is 48.4 Å². The van der Waals surface area contributed by atoms with E-state index in [2.05, 4.69) is 27.1 Å². The normalized spacial score (nSPS) is 18.9. The van der Waals surface area contributed by atoms with E-state index in [9.17, 15) is 0 Å². The van der Waals surface area contributed by atoms with Crippen LogP contribution < -0.4 is 16.0 Å². The van der Waals surface area contributed by atoms with Crippen LogP contribution >= 0.6 is 11.6 Å². The van der Waals surface area contributed by atoms with E-state index in [-0.39, 0.29) is 5.95 Å². The average Bonchev–Trinajstić information content (AvgIpc) is 2.92. The molecule has 1 aromatic carbocycles. The number of hydrogen-bond donors (Lipinski definition) is 2. The highest BCUT2D eigenvalue weighted by atomic mass is 35.5. The van der Waals surface area contributed by atoms with Crippen LogP contribution in [0.15, 0.2) is 22.6 Å². The molecule has 4 rings (SSSR count). The molecule has 3 N–H and O–H groups in total. The Morgan fingerprint density at radius 3 is 3.13 bits per heavy atom. The Kier molecular flexibility index (Phi) is 3.50. The third-order valence-electron chi connectivity index (χ3n) is 4.32. The first-order valence-electron chi connectivity index (χ1n) is 7.79. The third-order valence-corrected chi connectivity index (χ3v) is 4.56. The maximum absolute atomic E-state index is 6.11. The lowest BCUT2D eigenvalue weighted by molar-refractivity contribution is 0.444. The molecule has 1 fully saturated rings. The molecular formula is C16H18ClN5O. The number of halogens is 1.